The second kappa shape index (κ2) is 7.27. The highest BCUT2D eigenvalue weighted by Gasteiger charge is 2.59. The number of hydrogen-bond acceptors (Lipinski definition) is 8. The molecule has 162 valence electrons. The van der Waals surface area contributed by atoms with Gasteiger partial charge in [0.1, 0.15) is 11.6 Å². The van der Waals surface area contributed by atoms with Gasteiger partial charge in [-0.3, -0.25) is 9.36 Å². The molecule has 2 bridgehead atoms. The summed E-state index contributed by atoms with van der Waals surface area (Å²) in [5, 5.41) is 13.8. The number of anilines is 1. The van der Waals surface area contributed by atoms with Gasteiger partial charge in [0.2, 0.25) is 0 Å². The van der Waals surface area contributed by atoms with Gasteiger partial charge in [-0.05, 0) is 37.3 Å². The van der Waals surface area contributed by atoms with Crippen molar-refractivity contribution in [3.63, 3.8) is 0 Å². The fourth-order valence-corrected chi connectivity index (χ4v) is 5.93. The average Bonchev–Trinajstić information content (AvgIpc) is 2.78. The Kier molecular flexibility index (Phi) is 4.47. The van der Waals surface area contributed by atoms with Crippen molar-refractivity contribution in [2.75, 3.05) is 31.1 Å². The van der Waals surface area contributed by atoms with Crippen molar-refractivity contribution in [1.82, 2.24) is 24.8 Å². The molecular weight excluding hydrogens is 426 g/mol. The summed E-state index contributed by atoms with van der Waals surface area (Å²) in [7, 11) is 0. The van der Waals surface area contributed by atoms with Crippen molar-refractivity contribution in [3.8, 4) is 6.07 Å². The van der Waals surface area contributed by atoms with Crippen LogP contribution in [0.4, 0.5) is 5.69 Å². The van der Waals surface area contributed by atoms with E-state index in [0.717, 1.165) is 51.1 Å². The fourth-order valence-electron chi connectivity index (χ4n) is 5.08. The van der Waals surface area contributed by atoms with Gasteiger partial charge in [0, 0.05) is 43.8 Å². The van der Waals surface area contributed by atoms with Crippen LogP contribution in [-0.2, 0) is 16.7 Å². The summed E-state index contributed by atoms with van der Waals surface area (Å²) in [4.78, 5) is 28.5. The predicted octanol–water partition coefficient (Wildman–Crippen LogP) is 1.14. The van der Waals surface area contributed by atoms with Crippen LogP contribution in [0.25, 0.3) is 11.0 Å². The topological polar surface area (TPSA) is 123 Å². The van der Waals surface area contributed by atoms with Crippen LogP contribution in [0.15, 0.2) is 45.6 Å². The van der Waals surface area contributed by atoms with Crippen LogP contribution in [0.5, 0.6) is 0 Å². The van der Waals surface area contributed by atoms with Crippen molar-refractivity contribution in [1.29, 1.82) is 5.26 Å². The Morgan fingerprint density at radius 3 is 2.59 bits per heavy atom. The molecule has 1 aliphatic heterocycles. The third-order valence-electron chi connectivity index (χ3n) is 6.88. The summed E-state index contributed by atoms with van der Waals surface area (Å²) in [6.45, 7) is 3.66. The Hall–Kier alpha value is -3.00. The Bertz CT molecular complexity index is 1290. The molecular formula is C22H21N7O2S. The van der Waals surface area contributed by atoms with E-state index in [1.807, 2.05) is 12.1 Å². The van der Waals surface area contributed by atoms with Crippen LogP contribution in [0.2, 0.25) is 0 Å². The zero-order valence-corrected chi connectivity index (χ0v) is 18.1. The Morgan fingerprint density at radius 2 is 1.97 bits per heavy atom. The minimum Gasteiger partial charge on any atom is -0.603 e. The number of fused-ring (bicyclic) bond motifs is 1. The second-order valence-corrected chi connectivity index (χ2v) is 10.1. The first-order valence-corrected chi connectivity index (χ1v) is 11.9. The highest BCUT2D eigenvalue weighted by Crippen LogP contribution is 2.62. The predicted molar refractivity (Wildman–Crippen MR) is 118 cm³/mol. The summed E-state index contributed by atoms with van der Waals surface area (Å²) < 4.78 is 14.9. The maximum Gasteiger partial charge on any atom is 0.352 e. The zero-order valence-electron chi connectivity index (χ0n) is 17.3. The number of rotatable bonds is 4. The quantitative estimate of drug-likeness (QED) is 0.467. The van der Waals surface area contributed by atoms with E-state index in [4.69, 9.17) is 0 Å². The van der Waals surface area contributed by atoms with Crippen LogP contribution in [0, 0.1) is 17.2 Å². The molecule has 32 heavy (non-hydrogen) atoms. The standard InChI is InChI=1S/C22H21N7O2S/c23-11-15-7-16-12-26-21(27-19(16)29(20(15)30)22-8-14(9-22)10-22)32(31)18-2-1-17(13-25-18)28-5-3-24-4-6-28/h1-2,7,12-14,24H,3-6,8-10H2. The van der Waals surface area contributed by atoms with Crippen LogP contribution in [-0.4, -0.2) is 50.3 Å². The molecule has 0 spiro atoms. The molecule has 10 heteroatoms. The number of nitrogens with one attached hydrogen (secondary N) is 1. The number of aromatic nitrogens is 4. The molecule has 7 rings (SSSR count). The molecule has 3 aromatic rings. The smallest absolute Gasteiger partial charge is 0.352 e. The van der Waals surface area contributed by atoms with Gasteiger partial charge in [-0.15, -0.1) is 0 Å². The van der Waals surface area contributed by atoms with Crippen molar-refractivity contribution >= 4 is 27.9 Å². The average molecular weight is 448 g/mol. The van der Waals surface area contributed by atoms with Gasteiger partial charge < -0.3 is 14.8 Å². The molecule has 1 atom stereocenters. The Morgan fingerprint density at radius 1 is 1.19 bits per heavy atom. The lowest BCUT2D eigenvalue weighted by atomic mass is 9.49. The molecule has 1 saturated heterocycles. The van der Waals surface area contributed by atoms with Gasteiger partial charge in [-0.2, -0.15) is 15.2 Å². The molecule has 4 fully saturated rings. The van der Waals surface area contributed by atoms with E-state index in [9.17, 15) is 14.6 Å². The lowest BCUT2D eigenvalue weighted by Crippen LogP contribution is -2.62. The number of piperazine rings is 1. The summed E-state index contributed by atoms with van der Waals surface area (Å²) in [6, 6.07) is 7.18. The van der Waals surface area contributed by atoms with Crippen LogP contribution in [0.3, 0.4) is 0 Å². The molecule has 4 aliphatic rings. The number of nitrogens with zero attached hydrogens (tertiary/aromatic N) is 6. The molecule has 3 aromatic heterocycles. The van der Waals surface area contributed by atoms with Crippen molar-refractivity contribution in [3.05, 3.63) is 46.5 Å². The van der Waals surface area contributed by atoms with Crippen LogP contribution < -0.4 is 15.8 Å². The van der Waals surface area contributed by atoms with Gasteiger partial charge in [-0.1, -0.05) is 0 Å². The summed E-state index contributed by atoms with van der Waals surface area (Å²) in [5.74, 6) is 0.650. The lowest BCUT2D eigenvalue weighted by molar-refractivity contribution is -0.0884. The molecule has 3 aliphatic carbocycles. The molecule has 0 aromatic carbocycles. The molecule has 3 saturated carbocycles. The van der Waals surface area contributed by atoms with E-state index in [0.29, 0.717) is 22.0 Å². The first-order valence-electron chi connectivity index (χ1n) is 10.7. The SMILES string of the molecule is N#Cc1cc2cnc([S+]([O-])c3ccc(N4CCNCC4)cn3)nc2n(C23CC(C2)C3)c1=O. The first kappa shape index (κ1) is 19.7. The number of hydrogen-bond donors (Lipinski definition) is 1. The van der Waals surface area contributed by atoms with E-state index < -0.39 is 11.2 Å². The summed E-state index contributed by atoms with van der Waals surface area (Å²) >= 11 is -1.68. The van der Waals surface area contributed by atoms with Crippen LogP contribution >= 0.6 is 0 Å². The Labute approximate surface area is 187 Å². The third-order valence-corrected chi connectivity index (χ3v) is 8.03. The molecule has 1 N–H and O–H groups in total. The van der Waals surface area contributed by atoms with Gasteiger partial charge in [0.25, 0.3) is 10.6 Å². The maximum absolute atomic E-state index is 13.2. The van der Waals surface area contributed by atoms with E-state index in [2.05, 4.69) is 25.2 Å². The van der Waals surface area contributed by atoms with Gasteiger partial charge in [0.05, 0.1) is 28.6 Å². The molecule has 4 heterocycles. The lowest BCUT2D eigenvalue weighted by Gasteiger charge is -2.62. The van der Waals surface area contributed by atoms with Crippen LogP contribution in [0.1, 0.15) is 24.8 Å². The monoisotopic (exact) mass is 447 g/mol. The highest BCUT2D eigenvalue weighted by molar-refractivity contribution is 7.91. The number of pyridine rings is 2. The van der Waals surface area contributed by atoms with Gasteiger partial charge >= 0.3 is 5.16 Å². The Balaban J connectivity index is 1.37. The maximum atomic E-state index is 13.2. The molecule has 9 nitrogen and oxygen atoms in total. The first-order chi connectivity index (χ1) is 15.6. The number of nitriles is 1. The van der Waals surface area contributed by atoms with E-state index in [1.54, 1.807) is 23.0 Å². The fraction of sp³-hybridized carbons (Fsp3) is 0.409. The highest BCUT2D eigenvalue weighted by atomic mass is 32.2. The van der Waals surface area contributed by atoms with Gasteiger partial charge in [-0.25, -0.2) is 4.98 Å². The molecule has 0 radical (unpaired) electrons. The normalized spacial score (nSPS) is 25.0. The molecule has 1 unspecified atom stereocenters. The van der Waals surface area contributed by atoms with E-state index >= 15 is 0 Å². The van der Waals surface area contributed by atoms with Crippen molar-refractivity contribution in [2.24, 2.45) is 5.92 Å². The third kappa shape index (κ3) is 2.92. The molecule has 0 amide bonds. The van der Waals surface area contributed by atoms with Gasteiger partial charge in [0.15, 0.2) is 5.65 Å². The zero-order chi connectivity index (χ0) is 21.9. The minimum atomic E-state index is -1.68. The van der Waals surface area contributed by atoms with Crippen molar-refractivity contribution in [2.45, 2.75) is 35.0 Å². The van der Waals surface area contributed by atoms with E-state index in [1.165, 1.54) is 6.07 Å². The van der Waals surface area contributed by atoms with E-state index in [-0.39, 0.29) is 21.8 Å². The second-order valence-electron chi connectivity index (χ2n) is 8.81. The largest absolute Gasteiger partial charge is 0.603 e. The minimum absolute atomic E-state index is 0.0878. The van der Waals surface area contributed by atoms with Crippen molar-refractivity contribution < 1.29 is 4.55 Å². The summed E-state index contributed by atoms with van der Waals surface area (Å²) in [5.41, 5.74) is 0.941. The summed E-state index contributed by atoms with van der Waals surface area (Å²) in [6.07, 6.45) is 6.06.